The van der Waals surface area contributed by atoms with E-state index in [0.29, 0.717) is 19.3 Å². The standard InChI is InChI=1S/C59H102O6/c1-4-7-10-13-16-19-22-25-28-29-32-35-38-41-44-47-50-53-59(62)65-56(54-63-57(60)51-48-45-42-39-36-33-30-26-23-20-17-14-11-8-5-2)55-64-58(61)52-49-46-43-40-37-34-31-27-24-21-18-15-12-9-6-3/h8,11,16-17,19-21,24-26,28,30,56H,4-7,9-10,12-15,18,22-23,27,29,31-55H2,1-3H3/b11-8-,19-16-,20-17-,24-21-,28-25-,30-26-/t56-/m1/s1. The highest BCUT2D eigenvalue weighted by atomic mass is 16.6. The van der Waals surface area contributed by atoms with E-state index >= 15 is 0 Å². The molecule has 0 fully saturated rings. The zero-order valence-electron chi connectivity index (χ0n) is 42.7. The molecule has 0 bridgehead atoms. The van der Waals surface area contributed by atoms with Crippen LogP contribution >= 0.6 is 0 Å². The van der Waals surface area contributed by atoms with Gasteiger partial charge in [0.15, 0.2) is 6.10 Å². The van der Waals surface area contributed by atoms with Crippen molar-refractivity contribution in [2.45, 2.75) is 271 Å². The van der Waals surface area contributed by atoms with Crippen LogP contribution in [0.3, 0.4) is 0 Å². The van der Waals surface area contributed by atoms with Gasteiger partial charge < -0.3 is 14.2 Å². The Morgan fingerprint density at radius 1 is 0.323 bits per heavy atom. The summed E-state index contributed by atoms with van der Waals surface area (Å²) in [4.78, 5) is 38.1. The largest absolute Gasteiger partial charge is 0.462 e. The molecule has 0 unspecified atom stereocenters. The normalized spacial score (nSPS) is 12.6. The molecule has 1 atom stereocenters. The van der Waals surface area contributed by atoms with Crippen LogP contribution in [0.1, 0.15) is 265 Å². The number of carbonyl (C=O) groups is 3. The van der Waals surface area contributed by atoms with Crippen LogP contribution in [0.2, 0.25) is 0 Å². The Balaban J connectivity index is 4.43. The van der Waals surface area contributed by atoms with Crippen molar-refractivity contribution in [3.63, 3.8) is 0 Å². The van der Waals surface area contributed by atoms with Crippen molar-refractivity contribution in [3.05, 3.63) is 72.9 Å². The predicted octanol–water partition coefficient (Wildman–Crippen LogP) is 18.2. The molecule has 6 heteroatoms. The van der Waals surface area contributed by atoms with E-state index in [9.17, 15) is 14.4 Å². The minimum Gasteiger partial charge on any atom is -0.462 e. The number of allylic oxidation sites excluding steroid dienone is 12. The van der Waals surface area contributed by atoms with E-state index in [1.807, 2.05) is 0 Å². The quantitative estimate of drug-likeness (QED) is 0.0262. The lowest BCUT2D eigenvalue weighted by Gasteiger charge is -2.18. The van der Waals surface area contributed by atoms with Gasteiger partial charge in [0.1, 0.15) is 13.2 Å². The molecule has 374 valence electrons. The van der Waals surface area contributed by atoms with Crippen LogP contribution in [0, 0.1) is 0 Å². The lowest BCUT2D eigenvalue weighted by molar-refractivity contribution is -0.167. The lowest BCUT2D eigenvalue weighted by atomic mass is 10.1. The van der Waals surface area contributed by atoms with E-state index in [-0.39, 0.29) is 31.1 Å². The van der Waals surface area contributed by atoms with Crippen molar-refractivity contribution in [3.8, 4) is 0 Å². The van der Waals surface area contributed by atoms with E-state index in [1.54, 1.807) is 0 Å². The fourth-order valence-corrected chi connectivity index (χ4v) is 7.54. The van der Waals surface area contributed by atoms with Gasteiger partial charge in [-0.3, -0.25) is 14.4 Å². The second-order valence-corrected chi connectivity index (χ2v) is 18.1. The highest BCUT2D eigenvalue weighted by molar-refractivity contribution is 5.71. The SMILES string of the molecule is CC/C=C\C/C=C\C/C=C\CCCCCCCC(=O)OC[C@H](COC(=O)CCCCCCCCC/C=C\CCCCCC)OC(=O)CCCCCCCCC/C=C\C/C=C\CCCCC. The van der Waals surface area contributed by atoms with E-state index in [1.165, 1.54) is 116 Å². The second-order valence-electron chi connectivity index (χ2n) is 18.1. The van der Waals surface area contributed by atoms with Gasteiger partial charge in [0, 0.05) is 19.3 Å². The third-order valence-electron chi connectivity index (χ3n) is 11.7. The maximum Gasteiger partial charge on any atom is 0.306 e. The number of esters is 3. The molecule has 6 nitrogen and oxygen atoms in total. The van der Waals surface area contributed by atoms with Crippen LogP contribution in [-0.2, 0) is 28.6 Å². The molecule has 0 N–H and O–H groups in total. The van der Waals surface area contributed by atoms with Gasteiger partial charge in [-0.05, 0) is 109 Å². The molecular weight excluding hydrogens is 805 g/mol. The molecule has 0 saturated heterocycles. The maximum absolute atomic E-state index is 12.8. The van der Waals surface area contributed by atoms with Gasteiger partial charge in [0.2, 0.25) is 0 Å². The molecule has 0 aliphatic carbocycles. The topological polar surface area (TPSA) is 78.9 Å². The second kappa shape index (κ2) is 53.5. The average Bonchev–Trinajstić information content (AvgIpc) is 3.30. The number of ether oxygens (including phenoxy) is 3. The molecule has 0 amide bonds. The Hall–Kier alpha value is -3.15. The van der Waals surface area contributed by atoms with Gasteiger partial charge in [0.25, 0.3) is 0 Å². The maximum atomic E-state index is 12.8. The van der Waals surface area contributed by atoms with Gasteiger partial charge in [-0.2, -0.15) is 0 Å². The molecule has 0 aromatic heterocycles. The zero-order chi connectivity index (χ0) is 47.2. The minimum atomic E-state index is -0.788. The molecule has 0 radical (unpaired) electrons. The summed E-state index contributed by atoms with van der Waals surface area (Å²) in [5, 5.41) is 0. The fourth-order valence-electron chi connectivity index (χ4n) is 7.54. The van der Waals surface area contributed by atoms with Crippen molar-refractivity contribution in [2.75, 3.05) is 13.2 Å². The van der Waals surface area contributed by atoms with E-state index < -0.39 is 6.10 Å². The molecule has 0 heterocycles. The van der Waals surface area contributed by atoms with Crippen LogP contribution in [0.25, 0.3) is 0 Å². The van der Waals surface area contributed by atoms with E-state index in [2.05, 4.69) is 93.7 Å². The summed E-state index contributed by atoms with van der Waals surface area (Å²) in [5.41, 5.74) is 0. The Kier molecular flexibility index (Phi) is 50.9. The molecule has 0 saturated carbocycles. The summed E-state index contributed by atoms with van der Waals surface area (Å²) in [6.45, 7) is 6.48. The zero-order valence-corrected chi connectivity index (χ0v) is 42.7. The third-order valence-corrected chi connectivity index (χ3v) is 11.7. The first-order valence-electron chi connectivity index (χ1n) is 27.4. The number of carbonyl (C=O) groups excluding carboxylic acids is 3. The highest BCUT2D eigenvalue weighted by Gasteiger charge is 2.19. The molecule has 0 aromatic rings. The van der Waals surface area contributed by atoms with Gasteiger partial charge in [-0.15, -0.1) is 0 Å². The molecule has 0 rings (SSSR count). The van der Waals surface area contributed by atoms with Gasteiger partial charge in [-0.1, -0.05) is 209 Å². The van der Waals surface area contributed by atoms with E-state index in [4.69, 9.17) is 14.2 Å². The van der Waals surface area contributed by atoms with Crippen LogP contribution in [0.4, 0.5) is 0 Å². The van der Waals surface area contributed by atoms with Gasteiger partial charge in [0.05, 0.1) is 0 Å². The summed E-state index contributed by atoms with van der Waals surface area (Å²) in [6, 6.07) is 0. The minimum absolute atomic E-state index is 0.0863. The predicted molar refractivity (Wildman–Crippen MR) is 279 cm³/mol. The summed E-state index contributed by atoms with van der Waals surface area (Å²) in [6.07, 6.45) is 67.4. The van der Waals surface area contributed by atoms with E-state index in [0.717, 1.165) is 109 Å². The summed E-state index contributed by atoms with van der Waals surface area (Å²) in [7, 11) is 0. The first-order valence-corrected chi connectivity index (χ1v) is 27.4. The van der Waals surface area contributed by atoms with Gasteiger partial charge >= 0.3 is 17.9 Å². The van der Waals surface area contributed by atoms with Crippen molar-refractivity contribution in [2.24, 2.45) is 0 Å². The average molecular weight is 907 g/mol. The van der Waals surface area contributed by atoms with Crippen LogP contribution in [0.15, 0.2) is 72.9 Å². The number of rotatable bonds is 49. The van der Waals surface area contributed by atoms with Crippen LogP contribution < -0.4 is 0 Å². The third kappa shape index (κ3) is 51.7. The van der Waals surface area contributed by atoms with Crippen molar-refractivity contribution in [1.82, 2.24) is 0 Å². The molecule has 0 aliphatic rings. The van der Waals surface area contributed by atoms with Crippen LogP contribution in [0.5, 0.6) is 0 Å². The van der Waals surface area contributed by atoms with Crippen molar-refractivity contribution < 1.29 is 28.6 Å². The van der Waals surface area contributed by atoms with Gasteiger partial charge in [-0.25, -0.2) is 0 Å². The first-order chi connectivity index (χ1) is 32.0. The van der Waals surface area contributed by atoms with Crippen molar-refractivity contribution >= 4 is 17.9 Å². The highest BCUT2D eigenvalue weighted by Crippen LogP contribution is 2.14. The molecule has 0 aliphatic heterocycles. The lowest BCUT2D eigenvalue weighted by Crippen LogP contribution is -2.30. The van der Waals surface area contributed by atoms with Crippen LogP contribution in [-0.4, -0.2) is 37.2 Å². The summed E-state index contributed by atoms with van der Waals surface area (Å²) < 4.78 is 16.8. The van der Waals surface area contributed by atoms with Crippen molar-refractivity contribution in [1.29, 1.82) is 0 Å². The Morgan fingerprint density at radius 3 is 0.985 bits per heavy atom. The number of unbranched alkanes of at least 4 members (excludes halogenated alkanes) is 26. The smallest absolute Gasteiger partial charge is 0.306 e. The Morgan fingerprint density at radius 2 is 0.600 bits per heavy atom. The Bertz CT molecular complexity index is 1230. The molecule has 0 aromatic carbocycles. The monoisotopic (exact) mass is 907 g/mol. The molecule has 0 spiro atoms. The molecular formula is C59H102O6. The number of hydrogen-bond donors (Lipinski definition) is 0. The first kappa shape index (κ1) is 61.9. The summed E-state index contributed by atoms with van der Waals surface area (Å²) in [5.74, 6) is -0.911. The number of hydrogen-bond acceptors (Lipinski definition) is 6. The Labute approximate surface area is 402 Å². The summed E-state index contributed by atoms with van der Waals surface area (Å²) >= 11 is 0. The fraction of sp³-hybridized carbons (Fsp3) is 0.746. The molecule has 65 heavy (non-hydrogen) atoms.